The lowest BCUT2D eigenvalue weighted by Gasteiger charge is -2.07. The minimum Gasteiger partial charge on any atom is -0.262 e. The lowest BCUT2D eigenvalue weighted by atomic mass is 10.4. The summed E-state index contributed by atoms with van der Waals surface area (Å²) >= 11 is 5.82. The summed E-state index contributed by atoms with van der Waals surface area (Å²) in [6.07, 6.45) is 2.51. The number of pyridine rings is 2. The number of sulfonamides is 1. The van der Waals surface area contributed by atoms with Gasteiger partial charge in [-0.15, -0.1) is 0 Å². The molecule has 0 aromatic carbocycles. The Morgan fingerprint density at radius 3 is 2.63 bits per heavy atom. The Labute approximate surface area is 114 Å². The fourth-order valence-electron chi connectivity index (χ4n) is 1.25. The molecule has 2 aromatic heterocycles. The molecule has 96 valence electrons. The number of aromatic nitrogens is 2. The number of anilines is 1. The number of nitriles is 1. The van der Waals surface area contributed by atoms with Crippen LogP contribution in [-0.2, 0) is 10.0 Å². The zero-order valence-corrected chi connectivity index (χ0v) is 11.0. The van der Waals surface area contributed by atoms with Crippen LogP contribution in [0.15, 0.2) is 41.6 Å². The maximum absolute atomic E-state index is 12.0. The first-order valence-electron chi connectivity index (χ1n) is 5.02. The third-order valence-corrected chi connectivity index (χ3v) is 3.78. The summed E-state index contributed by atoms with van der Waals surface area (Å²) in [5.74, 6) is 0.0357. The maximum atomic E-state index is 12.0. The summed E-state index contributed by atoms with van der Waals surface area (Å²) < 4.78 is 26.3. The molecule has 1 N–H and O–H groups in total. The molecule has 0 atom stereocenters. The summed E-state index contributed by atoms with van der Waals surface area (Å²) in [6.45, 7) is 0. The predicted octanol–water partition coefficient (Wildman–Crippen LogP) is 1.80. The van der Waals surface area contributed by atoms with Crippen LogP contribution >= 0.6 is 11.6 Å². The first-order chi connectivity index (χ1) is 9.03. The Morgan fingerprint density at radius 1 is 1.26 bits per heavy atom. The summed E-state index contributed by atoms with van der Waals surface area (Å²) in [5, 5.41) is 8.79. The van der Waals surface area contributed by atoms with Gasteiger partial charge in [0, 0.05) is 12.4 Å². The second-order valence-electron chi connectivity index (χ2n) is 3.43. The molecule has 0 amide bonds. The van der Waals surface area contributed by atoms with Crippen molar-refractivity contribution in [3.05, 3.63) is 47.4 Å². The number of halogens is 1. The van der Waals surface area contributed by atoms with Gasteiger partial charge in [-0.25, -0.2) is 18.4 Å². The average Bonchev–Trinajstić information content (AvgIpc) is 2.41. The monoisotopic (exact) mass is 294 g/mol. The van der Waals surface area contributed by atoms with E-state index in [2.05, 4.69) is 14.7 Å². The topological polar surface area (TPSA) is 95.7 Å². The third kappa shape index (κ3) is 2.99. The van der Waals surface area contributed by atoms with Crippen molar-refractivity contribution in [2.45, 2.75) is 4.90 Å². The Bertz CT molecular complexity index is 738. The highest BCUT2D eigenvalue weighted by atomic mass is 35.5. The Balaban J connectivity index is 2.33. The van der Waals surface area contributed by atoms with Gasteiger partial charge in [0.1, 0.15) is 16.7 Å². The smallest absolute Gasteiger partial charge is 0.262 e. The molecule has 0 spiro atoms. The van der Waals surface area contributed by atoms with E-state index in [4.69, 9.17) is 16.9 Å². The summed E-state index contributed by atoms with van der Waals surface area (Å²) in [4.78, 5) is 7.45. The minimum atomic E-state index is -3.83. The molecule has 0 aliphatic carbocycles. The van der Waals surface area contributed by atoms with Crippen LogP contribution in [0.3, 0.4) is 0 Å². The first kappa shape index (κ1) is 13.3. The summed E-state index contributed by atoms with van der Waals surface area (Å²) in [6, 6.07) is 7.51. The minimum absolute atomic E-state index is 0.0357. The molecule has 0 aliphatic heterocycles. The first-order valence-corrected chi connectivity index (χ1v) is 6.88. The van der Waals surface area contributed by atoms with E-state index in [1.165, 1.54) is 24.4 Å². The molecule has 2 rings (SSSR count). The van der Waals surface area contributed by atoms with Crippen molar-refractivity contribution in [2.75, 3.05) is 4.72 Å². The molecule has 0 radical (unpaired) electrons. The van der Waals surface area contributed by atoms with Crippen molar-refractivity contribution >= 4 is 27.4 Å². The molecule has 0 saturated heterocycles. The SMILES string of the molecule is N#Cc1ccc(S(=O)(=O)Nc2ncccc2Cl)cn1. The van der Waals surface area contributed by atoms with E-state index in [1.54, 1.807) is 12.1 Å². The van der Waals surface area contributed by atoms with Gasteiger partial charge in [-0.05, 0) is 24.3 Å². The van der Waals surface area contributed by atoms with Gasteiger partial charge < -0.3 is 0 Å². The molecule has 8 heteroatoms. The lowest BCUT2D eigenvalue weighted by molar-refractivity contribution is 0.600. The summed E-state index contributed by atoms with van der Waals surface area (Å²) in [5.41, 5.74) is 0.134. The Hall–Kier alpha value is -2.17. The van der Waals surface area contributed by atoms with Crippen LogP contribution in [0.5, 0.6) is 0 Å². The fourth-order valence-corrected chi connectivity index (χ4v) is 2.45. The standard InChI is InChI=1S/C11H7ClN4O2S/c12-10-2-1-5-14-11(10)16-19(17,18)9-4-3-8(6-13)15-7-9/h1-5,7H,(H,14,16). The van der Waals surface area contributed by atoms with Gasteiger partial charge in [0.05, 0.1) is 5.02 Å². The molecule has 2 heterocycles. The van der Waals surface area contributed by atoms with Crippen LogP contribution in [0.2, 0.25) is 5.02 Å². The van der Waals surface area contributed by atoms with Gasteiger partial charge in [-0.1, -0.05) is 11.6 Å². The van der Waals surface area contributed by atoms with Crippen molar-refractivity contribution in [1.82, 2.24) is 9.97 Å². The number of nitrogens with one attached hydrogen (secondary N) is 1. The van der Waals surface area contributed by atoms with Crippen LogP contribution in [0, 0.1) is 11.3 Å². The van der Waals surface area contributed by atoms with Gasteiger partial charge in [0.25, 0.3) is 10.0 Å². The van der Waals surface area contributed by atoms with Crippen molar-refractivity contribution in [1.29, 1.82) is 5.26 Å². The second kappa shape index (κ2) is 5.22. The number of nitrogens with zero attached hydrogens (tertiary/aromatic N) is 3. The molecule has 0 unspecified atom stereocenters. The second-order valence-corrected chi connectivity index (χ2v) is 5.52. The fraction of sp³-hybridized carbons (Fsp3) is 0. The maximum Gasteiger partial charge on any atom is 0.264 e. The van der Waals surface area contributed by atoms with Gasteiger partial charge in [0.15, 0.2) is 5.82 Å². The van der Waals surface area contributed by atoms with Crippen molar-refractivity contribution in [3.8, 4) is 6.07 Å². The highest BCUT2D eigenvalue weighted by Crippen LogP contribution is 2.21. The van der Waals surface area contributed by atoms with Gasteiger partial charge in [-0.3, -0.25) is 4.72 Å². The molecule has 2 aromatic rings. The highest BCUT2D eigenvalue weighted by Gasteiger charge is 2.16. The molecule has 19 heavy (non-hydrogen) atoms. The molecule has 0 saturated carbocycles. The lowest BCUT2D eigenvalue weighted by Crippen LogP contribution is -2.14. The third-order valence-electron chi connectivity index (χ3n) is 2.15. The van der Waals surface area contributed by atoms with Gasteiger partial charge >= 0.3 is 0 Å². The molecule has 0 bridgehead atoms. The van der Waals surface area contributed by atoms with Crippen LogP contribution in [0.25, 0.3) is 0 Å². The van der Waals surface area contributed by atoms with Crippen LogP contribution < -0.4 is 4.72 Å². The zero-order chi connectivity index (χ0) is 13.9. The molecule has 0 aliphatic rings. The molecular weight excluding hydrogens is 288 g/mol. The van der Waals surface area contributed by atoms with Crippen LogP contribution in [-0.4, -0.2) is 18.4 Å². The van der Waals surface area contributed by atoms with E-state index in [1.807, 2.05) is 0 Å². The number of hydrogen-bond donors (Lipinski definition) is 1. The van der Waals surface area contributed by atoms with Gasteiger partial charge in [0.2, 0.25) is 0 Å². The number of hydrogen-bond acceptors (Lipinski definition) is 5. The van der Waals surface area contributed by atoms with E-state index in [-0.39, 0.29) is 21.4 Å². The molecule has 0 fully saturated rings. The Kier molecular flexibility index (Phi) is 3.64. The largest absolute Gasteiger partial charge is 0.264 e. The van der Waals surface area contributed by atoms with E-state index in [9.17, 15) is 8.42 Å². The summed E-state index contributed by atoms with van der Waals surface area (Å²) in [7, 11) is -3.83. The normalized spacial score (nSPS) is 10.7. The predicted molar refractivity (Wildman–Crippen MR) is 69.0 cm³/mol. The molecular formula is C11H7ClN4O2S. The van der Waals surface area contributed by atoms with Gasteiger partial charge in [-0.2, -0.15) is 5.26 Å². The van der Waals surface area contributed by atoms with Crippen LogP contribution in [0.4, 0.5) is 5.82 Å². The van der Waals surface area contributed by atoms with E-state index >= 15 is 0 Å². The highest BCUT2D eigenvalue weighted by molar-refractivity contribution is 7.92. The van der Waals surface area contributed by atoms with Crippen molar-refractivity contribution in [3.63, 3.8) is 0 Å². The quantitative estimate of drug-likeness (QED) is 0.931. The van der Waals surface area contributed by atoms with E-state index < -0.39 is 10.0 Å². The van der Waals surface area contributed by atoms with Crippen LogP contribution in [0.1, 0.15) is 5.69 Å². The van der Waals surface area contributed by atoms with Crippen molar-refractivity contribution in [2.24, 2.45) is 0 Å². The average molecular weight is 295 g/mol. The van der Waals surface area contributed by atoms with E-state index in [0.29, 0.717) is 0 Å². The van der Waals surface area contributed by atoms with Crippen molar-refractivity contribution < 1.29 is 8.42 Å². The molecule has 6 nitrogen and oxygen atoms in total. The van der Waals surface area contributed by atoms with E-state index in [0.717, 1.165) is 6.20 Å². The number of rotatable bonds is 3. The Morgan fingerprint density at radius 2 is 2.05 bits per heavy atom. The zero-order valence-electron chi connectivity index (χ0n) is 9.41.